The summed E-state index contributed by atoms with van der Waals surface area (Å²) in [5, 5.41) is 9.96. The number of aromatic nitrogens is 1. The lowest BCUT2D eigenvalue weighted by Gasteiger charge is -2.33. The van der Waals surface area contributed by atoms with E-state index >= 15 is 0 Å². The Kier molecular flexibility index (Phi) is 5.83. The highest BCUT2D eigenvalue weighted by Crippen LogP contribution is 2.33. The standard InChI is InChI=1S/C26H23N3OS/c1-26(21-8-4-3-5-9-21,16-24-28-22-10-6-7-11-23(22)31-24)25(30)29(2)18-20-14-12-19(17-27)13-15-20/h3-15H,16,18H2,1-2H3. The Bertz CT molecular complexity index is 1210. The first-order valence-electron chi connectivity index (χ1n) is 10.1. The van der Waals surface area contributed by atoms with Crippen molar-refractivity contribution in [2.75, 3.05) is 7.05 Å². The van der Waals surface area contributed by atoms with Gasteiger partial charge in [-0.15, -0.1) is 11.3 Å². The van der Waals surface area contributed by atoms with Gasteiger partial charge in [0.05, 0.1) is 32.3 Å². The van der Waals surface area contributed by atoms with Gasteiger partial charge < -0.3 is 4.90 Å². The predicted molar refractivity (Wildman–Crippen MR) is 125 cm³/mol. The van der Waals surface area contributed by atoms with Crippen LogP contribution in [0.15, 0.2) is 78.9 Å². The quantitative estimate of drug-likeness (QED) is 0.420. The number of fused-ring (bicyclic) bond motifs is 1. The van der Waals surface area contributed by atoms with E-state index in [-0.39, 0.29) is 5.91 Å². The molecule has 4 rings (SSSR count). The molecule has 1 amide bonds. The molecule has 0 N–H and O–H groups in total. The number of amides is 1. The number of benzene rings is 3. The van der Waals surface area contributed by atoms with Crippen LogP contribution in [-0.2, 0) is 23.2 Å². The van der Waals surface area contributed by atoms with Crippen LogP contribution in [0.3, 0.4) is 0 Å². The van der Waals surface area contributed by atoms with Crippen LogP contribution in [0, 0.1) is 11.3 Å². The molecule has 31 heavy (non-hydrogen) atoms. The van der Waals surface area contributed by atoms with Crippen LogP contribution in [0.5, 0.6) is 0 Å². The third-order valence-electron chi connectivity index (χ3n) is 5.58. The van der Waals surface area contributed by atoms with E-state index in [4.69, 9.17) is 10.2 Å². The van der Waals surface area contributed by atoms with Crippen LogP contribution in [0.25, 0.3) is 10.2 Å². The van der Waals surface area contributed by atoms with E-state index in [9.17, 15) is 4.79 Å². The van der Waals surface area contributed by atoms with Gasteiger partial charge in [-0.05, 0) is 42.3 Å². The van der Waals surface area contributed by atoms with E-state index in [0.717, 1.165) is 26.4 Å². The Hall–Kier alpha value is -3.49. The second-order valence-electron chi connectivity index (χ2n) is 7.92. The van der Waals surface area contributed by atoms with Crippen molar-refractivity contribution in [3.63, 3.8) is 0 Å². The first-order valence-corrected chi connectivity index (χ1v) is 11.0. The maximum atomic E-state index is 13.8. The van der Waals surface area contributed by atoms with Crippen molar-refractivity contribution in [3.8, 4) is 6.07 Å². The molecule has 3 aromatic carbocycles. The van der Waals surface area contributed by atoms with Crippen LogP contribution < -0.4 is 0 Å². The summed E-state index contributed by atoms with van der Waals surface area (Å²) in [4.78, 5) is 20.3. The highest BCUT2D eigenvalue weighted by atomic mass is 32.1. The Morgan fingerprint density at radius 2 is 1.71 bits per heavy atom. The molecule has 154 valence electrons. The Balaban J connectivity index is 1.64. The van der Waals surface area contributed by atoms with Crippen molar-refractivity contribution in [2.45, 2.75) is 25.3 Å². The van der Waals surface area contributed by atoms with Gasteiger partial charge in [0.2, 0.25) is 5.91 Å². The van der Waals surface area contributed by atoms with E-state index in [1.165, 1.54) is 0 Å². The number of likely N-dealkylation sites (N-methyl/N-ethyl adjacent to an activating group) is 1. The zero-order chi connectivity index (χ0) is 21.8. The second kappa shape index (κ2) is 8.71. The van der Waals surface area contributed by atoms with Gasteiger partial charge in [-0.3, -0.25) is 4.79 Å². The molecule has 1 unspecified atom stereocenters. The molecule has 0 spiro atoms. The molecule has 1 heterocycles. The van der Waals surface area contributed by atoms with Crippen LogP contribution in [0.4, 0.5) is 0 Å². The Morgan fingerprint density at radius 3 is 2.39 bits per heavy atom. The van der Waals surface area contributed by atoms with Crippen molar-refractivity contribution in [3.05, 3.63) is 101 Å². The molecule has 0 bridgehead atoms. The molecule has 0 aliphatic carbocycles. The fourth-order valence-electron chi connectivity index (χ4n) is 3.86. The first-order chi connectivity index (χ1) is 15.0. The number of hydrogen-bond acceptors (Lipinski definition) is 4. The van der Waals surface area contributed by atoms with Gasteiger partial charge in [0.15, 0.2) is 0 Å². The highest BCUT2D eigenvalue weighted by Gasteiger charge is 2.38. The molecule has 0 saturated heterocycles. The van der Waals surface area contributed by atoms with E-state index in [1.807, 2.05) is 74.6 Å². The van der Waals surface area contributed by atoms with Gasteiger partial charge in [0, 0.05) is 20.0 Å². The fraction of sp³-hybridized carbons (Fsp3) is 0.192. The summed E-state index contributed by atoms with van der Waals surface area (Å²) in [5.41, 5.74) is 2.81. The summed E-state index contributed by atoms with van der Waals surface area (Å²) < 4.78 is 1.13. The normalized spacial score (nSPS) is 12.8. The lowest BCUT2D eigenvalue weighted by atomic mass is 9.78. The number of nitrogens with zero attached hydrogens (tertiary/aromatic N) is 3. The molecule has 0 fully saturated rings. The molecule has 0 radical (unpaired) electrons. The minimum atomic E-state index is -0.740. The smallest absolute Gasteiger partial charge is 0.233 e. The summed E-state index contributed by atoms with van der Waals surface area (Å²) in [7, 11) is 1.83. The molecule has 1 atom stereocenters. The summed E-state index contributed by atoms with van der Waals surface area (Å²) in [5.74, 6) is 0.0438. The Morgan fingerprint density at radius 1 is 1.03 bits per heavy atom. The topological polar surface area (TPSA) is 57.0 Å². The van der Waals surface area contributed by atoms with Crippen LogP contribution in [-0.4, -0.2) is 22.8 Å². The number of para-hydroxylation sites is 1. The molecule has 4 aromatic rings. The van der Waals surface area contributed by atoms with Crippen molar-refractivity contribution in [1.29, 1.82) is 5.26 Å². The van der Waals surface area contributed by atoms with Gasteiger partial charge in [0.1, 0.15) is 0 Å². The van der Waals surface area contributed by atoms with E-state index in [2.05, 4.69) is 12.1 Å². The van der Waals surface area contributed by atoms with Crippen molar-refractivity contribution in [2.24, 2.45) is 0 Å². The van der Waals surface area contributed by atoms with Crippen LogP contribution >= 0.6 is 11.3 Å². The van der Waals surface area contributed by atoms with E-state index < -0.39 is 5.41 Å². The number of rotatable bonds is 6. The maximum absolute atomic E-state index is 13.8. The van der Waals surface area contributed by atoms with Gasteiger partial charge in [-0.2, -0.15) is 5.26 Å². The molecular weight excluding hydrogens is 402 g/mol. The molecule has 1 aromatic heterocycles. The minimum Gasteiger partial charge on any atom is -0.341 e. The van der Waals surface area contributed by atoms with Crippen LogP contribution in [0.2, 0.25) is 0 Å². The molecule has 0 aliphatic rings. The van der Waals surface area contributed by atoms with Gasteiger partial charge >= 0.3 is 0 Å². The summed E-state index contributed by atoms with van der Waals surface area (Å²) in [6.45, 7) is 2.48. The second-order valence-corrected chi connectivity index (χ2v) is 9.04. The number of carbonyl (C=O) groups is 1. The highest BCUT2D eigenvalue weighted by molar-refractivity contribution is 7.18. The van der Waals surface area contributed by atoms with Crippen molar-refractivity contribution in [1.82, 2.24) is 9.88 Å². The number of nitriles is 1. The fourth-order valence-corrected chi connectivity index (χ4v) is 4.98. The molecule has 5 heteroatoms. The molecule has 0 saturated carbocycles. The molecular formula is C26H23N3OS. The third-order valence-corrected chi connectivity index (χ3v) is 6.61. The number of carbonyl (C=O) groups excluding carboxylic acids is 1. The van der Waals surface area contributed by atoms with E-state index in [0.29, 0.717) is 18.5 Å². The monoisotopic (exact) mass is 425 g/mol. The summed E-state index contributed by atoms with van der Waals surface area (Å²) in [6, 6.07) is 27.5. The largest absolute Gasteiger partial charge is 0.341 e. The van der Waals surface area contributed by atoms with Crippen molar-refractivity contribution < 1.29 is 4.79 Å². The average molecular weight is 426 g/mol. The van der Waals surface area contributed by atoms with Gasteiger partial charge in [0.25, 0.3) is 0 Å². The van der Waals surface area contributed by atoms with Gasteiger partial charge in [-0.25, -0.2) is 4.98 Å². The zero-order valence-electron chi connectivity index (χ0n) is 17.6. The summed E-state index contributed by atoms with van der Waals surface area (Å²) in [6.07, 6.45) is 0.535. The zero-order valence-corrected chi connectivity index (χ0v) is 18.4. The molecule has 4 nitrogen and oxygen atoms in total. The SMILES string of the molecule is CN(Cc1ccc(C#N)cc1)C(=O)C(C)(Cc1nc2ccccc2s1)c1ccccc1. The first kappa shape index (κ1) is 20.8. The average Bonchev–Trinajstić information content (AvgIpc) is 3.21. The predicted octanol–water partition coefficient (Wildman–Crippen LogP) is 5.33. The third kappa shape index (κ3) is 4.35. The summed E-state index contributed by atoms with van der Waals surface area (Å²) >= 11 is 1.64. The van der Waals surface area contributed by atoms with E-state index in [1.54, 1.807) is 28.4 Å². The van der Waals surface area contributed by atoms with Crippen molar-refractivity contribution >= 4 is 27.5 Å². The van der Waals surface area contributed by atoms with Crippen LogP contribution in [0.1, 0.15) is 28.6 Å². The lowest BCUT2D eigenvalue weighted by Crippen LogP contribution is -2.44. The minimum absolute atomic E-state index is 0.0438. The molecule has 0 aliphatic heterocycles. The lowest BCUT2D eigenvalue weighted by molar-refractivity contribution is -0.136. The van der Waals surface area contributed by atoms with Gasteiger partial charge in [-0.1, -0.05) is 54.6 Å². The number of hydrogen-bond donors (Lipinski definition) is 0. The maximum Gasteiger partial charge on any atom is 0.233 e. The number of thiazole rings is 1. The Labute approximate surface area is 186 Å².